The standard InChI is InChI=1S/C15H16FNO2S/c16-13-4-2-1-3-12(13)15(5-7-19-8-6-15)14-17-11(9-18)10-20-14/h1-4,10,18H,5-9H2. The second-order valence-corrected chi connectivity index (χ2v) is 5.83. The number of aromatic nitrogens is 1. The maximum absolute atomic E-state index is 14.3. The highest BCUT2D eigenvalue weighted by atomic mass is 32.1. The van der Waals surface area contributed by atoms with Gasteiger partial charge in [0.05, 0.1) is 17.7 Å². The molecule has 1 N–H and O–H groups in total. The number of thiazole rings is 1. The molecule has 2 heterocycles. The average Bonchev–Trinajstić information content (AvgIpc) is 2.98. The molecule has 1 aliphatic heterocycles. The number of nitrogens with zero attached hydrogens (tertiary/aromatic N) is 1. The van der Waals surface area contributed by atoms with E-state index in [-0.39, 0.29) is 12.4 Å². The van der Waals surface area contributed by atoms with Crippen molar-refractivity contribution in [2.45, 2.75) is 24.9 Å². The zero-order chi connectivity index (χ0) is 14.0. The van der Waals surface area contributed by atoms with Gasteiger partial charge in [-0.25, -0.2) is 9.37 Å². The number of ether oxygens (including phenoxy) is 1. The molecule has 1 aromatic heterocycles. The van der Waals surface area contributed by atoms with E-state index in [1.165, 1.54) is 17.4 Å². The Hall–Kier alpha value is -1.30. The Kier molecular flexibility index (Phi) is 3.83. The monoisotopic (exact) mass is 293 g/mol. The molecular weight excluding hydrogens is 277 g/mol. The summed E-state index contributed by atoms with van der Waals surface area (Å²) in [5.74, 6) is -0.199. The zero-order valence-corrected chi connectivity index (χ0v) is 11.8. The first kappa shape index (κ1) is 13.7. The lowest BCUT2D eigenvalue weighted by atomic mass is 9.74. The van der Waals surface area contributed by atoms with Crippen molar-refractivity contribution in [3.8, 4) is 0 Å². The van der Waals surface area contributed by atoms with Gasteiger partial charge in [0.25, 0.3) is 0 Å². The van der Waals surface area contributed by atoms with E-state index in [1.54, 1.807) is 6.07 Å². The van der Waals surface area contributed by atoms with Gasteiger partial charge in [-0.15, -0.1) is 11.3 Å². The fourth-order valence-electron chi connectivity index (χ4n) is 2.77. The number of aliphatic hydroxyl groups is 1. The van der Waals surface area contributed by atoms with Crippen LogP contribution in [0.2, 0.25) is 0 Å². The molecule has 0 radical (unpaired) electrons. The minimum atomic E-state index is -0.429. The maximum Gasteiger partial charge on any atom is 0.127 e. The predicted molar refractivity (Wildman–Crippen MR) is 75.3 cm³/mol. The summed E-state index contributed by atoms with van der Waals surface area (Å²) >= 11 is 1.49. The highest BCUT2D eigenvalue weighted by molar-refractivity contribution is 7.09. The van der Waals surface area contributed by atoms with E-state index in [2.05, 4.69) is 4.98 Å². The minimum absolute atomic E-state index is 0.0830. The van der Waals surface area contributed by atoms with Gasteiger partial charge in [-0.2, -0.15) is 0 Å². The molecule has 2 aromatic rings. The first-order valence-electron chi connectivity index (χ1n) is 6.65. The van der Waals surface area contributed by atoms with Crippen molar-refractivity contribution in [1.29, 1.82) is 0 Å². The third-order valence-corrected chi connectivity index (χ3v) is 4.95. The van der Waals surface area contributed by atoms with Crippen LogP contribution in [0.15, 0.2) is 29.6 Å². The normalized spacial score (nSPS) is 18.1. The number of halogens is 1. The molecule has 5 heteroatoms. The third-order valence-electron chi connectivity index (χ3n) is 3.86. The summed E-state index contributed by atoms with van der Waals surface area (Å²) in [6.45, 7) is 1.12. The summed E-state index contributed by atoms with van der Waals surface area (Å²) in [6.07, 6.45) is 1.43. The van der Waals surface area contributed by atoms with Crippen molar-refractivity contribution < 1.29 is 14.2 Å². The Morgan fingerprint density at radius 3 is 2.70 bits per heavy atom. The van der Waals surface area contributed by atoms with Crippen LogP contribution >= 0.6 is 11.3 Å². The van der Waals surface area contributed by atoms with Crippen LogP contribution in [-0.4, -0.2) is 23.3 Å². The van der Waals surface area contributed by atoms with Crippen molar-refractivity contribution in [3.63, 3.8) is 0 Å². The molecule has 0 unspecified atom stereocenters. The number of benzene rings is 1. The lowest BCUT2D eigenvalue weighted by Gasteiger charge is -2.36. The van der Waals surface area contributed by atoms with E-state index in [9.17, 15) is 9.50 Å². The lowest BCUT2D eigenvalue weighted by molar-refractivity contribution is 0.0619. The molecule has 106 valence electrons. The predicted octanol–water partition coefficient (Wildman–Crippen LogP) is 2.87. The fraction of sp³-hybridized carbons (Fsp3) is 0.400. The van der Waals surface area contributed by atoms with Crippen molar-refractivity contribution in [2.75, 3.05) is 13.2 Å². The van der Waals surface area contributed by atoms with Crippen LogP contribution in [0, 0.1) is 5.82 Å². The Balaban J connectivity index is 2.11. The van der Waals surface area contributed by atoms with Gasteiger partial charge in [0.15, 0.2) is 0 Å². The quantitative estimate of drug-likeness (QED) is 0.946. The molecule has 1 aromatic carbocycles. The van der Waals surface area contributed by atoms with Crippen LogP contribution in [0.1, 0.15) is 29.1 Å². The SMILES string of the molecule is OCc1csc(C2(c3ccccc3F)CCOCC2)n1. The van der Waals surface area contributed by atoms with Gasteiger partial charge in [0.1, 0.15) is 10.8 Å². The van der Waals surface area contributed by atoms with E-state index < -0.39 is 5.41 Å². The molecule has 0 saturated carbocycles. The lowest BCUT2D eigenvalue weighted by Crippen LogP contribution is -2.35. The molecule has 0 bridgehead atoms. The maximum atomic E-state index is 14.3. The Bertz CT molecular complexity index is 593. The number of hydrogen-bond acceptors (Lipinski definition) is 4. The van der Waals surface area contributed by atoms with E-state index in [0.717, 1.165) is 5.01 Å². The molecule has 0 atom stereocenters. The van der Waals surface area contributed by atoms with Gasteiger partial charge < -0.3 is 9.84 Å². The van der Waals surface area contributed by atoms with Crippen LogP contribution in [-0.2, 0) is 16.8 Å². The number of aliphatic hydroxyl groups excluding tert-OH is 1. The molecule has 0 spiro atoms. The first-order chi connectivity index (χ1) is 9.76. The zero-order valence-electron chi connectivity index (χ0n) is 11.0. The summed E-state index contributed by atoms with van der Waals surface area (Å²) < 4.78 is 19.7. The number of hydrogen-bond donors (Lipinski definition) is 1. The molecular formula is C15H16FNO2S. The minimum Gasteiger partial charge on any atom is -0.390 e. The van der Waals surface area contributed by atoms with Gasteiger partial charge in [-0.1, -0.05) is 18.2 Å². The van der Waals surface area contributed by atoms with E-state index >= 15 is 0 Å². The van der Waals surface area contributed by atoms with Gasteiger partial charge in [0.2, 0.25) is 0 Å². The van der Waals surface area contributed by atoms with Gasteiger partial charge in [-0.05, 0) is 18.9 Å². The Morgan fingerprint density at radius 1 is 1.30 bits per heavy atom. The topological polar surface area (TPSA) is 42.4 Å². The van der Waals surface area contributed by atoms with E-state index in [0.29, 0.717) is 37.3 Å². The summed E-state index contributed by atoms with van der Waals surface area (Å²) in [4.78, 5) is 4.49. The average molecular weight is 293 g/mol. The summed E-state index contributed by atoms with van der Waals surface area (Å²) in [6, 6.07) is 6.89. The van der Waals surface area contributed by atoms with Crippen LogP contribution < -0.4 is 0 Å². The van der Waals surface area contributed by atoms with Crippen molar-refractivity contribution in [1.82, 2.24) is 4.98 Å². The summed E-state index contributed by atoms with van der Waals surface area (Å²) in [5.41, 5.74) is 0.899. The second-order valence-electron chi connectivity index (χ2n) is 4.98. The molecule has 1 fully saturated rings. The highest BCUT2D eigenvalue weighted by Gasteiger charge is 2.40. The molecule has 0 amide bonds. The third kappa shape index (κ3) is 2.26. The summed E-state index contributed by atoms with van der Waals surface area (Å²) in [7, 11) is 0. The Morgan fingerprint density at radius 2 is 2.05 bits per heavy atom. The molecule has 1 saturated heterocycles. The Labute approximate surface area is 121 Å². The van der Waals surface area contributed by atoms with Crippen molar-refractivity contribution >= 4 is 11.3 Å². The molecule has 0 aliphatic carbocycles. The van der Waals surface area contributed by atoms with Crippen molar-refractivity contribution in [2.24, 2.45) is 0 Å². The summed E-state index contributed by atoms with van der Waals surface area (Å²) in [5, 5.41) is 11.9. The molecule has 20 heavy (non-hydrogen) atoms. The molecule has 3 nitrogen and oxygen atoms in total. The largest absolute Gasteiger partial charge is 0.390 e. The highest BCUT2D eigenvalue weighted by Crippen LogP contribution is 2.43. The van der Waals surface area contributed by atoms with E-state index in [1.807, 2.05) is 17.5 Å². The van der Waals surface area contributed by atoms with Crippen LogP contribution in [0.5, 0.6) is 0 Å². The van der Waals surface area contributed by atoms with Crippen molar-refractivity contribution in [3.05, 3.63) is 51.7 Å². The van der Waals surface area contributed by atoms with Crippen LogP contribution in [0.25, 0.3) is 0 Å². The van der Waals surface area contributed by atoms with Gasteiger partial charge >= 0.3 is 0 Å². The van der Waals surface area contributed by atoms with Gasteiger partial charge in [-0.3, -0.25) is 0 Å². The van der Waals surface area contributed by atoms with Crippen LogP contribution in [0.3, 0.4) is 0 Å². The van der Waals surface area contributed by atoms with E-state index in [4.69, 9.17) is 4.74 Å². The molecule has 1 aliphatic rings. The first-order valence-corrected chi connectivity index (χ1v) is 7.53. The van der Waals surface area contributed by atoms with Gasteiger partial charge in [0, 0.05) is 24.2 Å². The molecule has 3 rings (SSSR count). The fourth-order valence-corrected chi connectivity index (χ4v) is 3.85. The smallest absolute Gasteiger partial charge is 0.127 e. The second kappa shape index (κ2) is 5.60. The number of rotatable bonds is 3. The van der Waals surface area contributed by atoms with Crippen LogP contribution in [0.4, 0.5) is 4.39 Å².